The van der Waals surface area contributed by atoms with E-state index in [2.05, 4.69) is 5.32 Å². The van der Waals surface area contributed by atoms with E-state index in [0.29, 0.717) is 23.0 Å². The van der Waals surface area contributed by atoms with Gasteiger partial charge in [0.25, 0.3) is 5.91 Å². The Morgan fingerprint density at radius 3 is 2.95 bits per heavy atom. The number of ether oxygens (including phenoxy) is 3. The average molecular weight is 319 g/mol. The molecule has 0 saturated carbocycles. The molecule has 0 atom stereocenters. The van der Waals surface area contributed by atoms with Crippen molar-refractivity contribution in [2.75, 3.05) is 6.79 Å². The van der Waals surface area contributed by atoms with E-state index >= 15 is 0 Å². The minimum atomic E-state index is -0.0469. The summed E-state index contributed by atoms with van der Waals surface area (Å²) < 4.78 is 16.3. The normalized spacial score (nSPS) is 12.5. The van der Waals surface area contributed by atoms with Crippen LogP contribution in [0.5, 0.6) is 17.2 Å². The fourth-order valence-corrected chi connectivity index (χ4v) is 2.84. The summed E-state index contributed by atoms with van der Waals surface area (Å²) in [6.07, 6.45) is 0. The van der Waals surface area contributed by atoms with Crippen molar-refractivity contribution < 1.29 is 19.0 Å². The molecule has 6 heteroatoms. The molecule has 22 heavy (non-hydrogen) atoms. The lowest BCUT2D eigenvalue weighted by Gasteiger charge is -2.06. The van der Waals surface area contributed by atoms with Crippen LogP contribution >= 0.6 is 11.3 Å². The standard InChI is InChI=1S/C16H17NO4S/c1-10(2)17-16(18)15-5-11(8-22-15)7-19-12-3-4-13-14(6-12)21-9-20-13/h3-6,8,10H,7,9H2,1-2H3,(H,17,18). The van der Waals surface area contributed by atoms with Gasteiger partial charge in [-0.2, -0.15) is 0 Å². The van der Waals surface area contributed by atoms with Crippen LogP contribution in [0.25, 0.3) is 0 Å². The number of benzene rings is 1. The van der Waals surface area contributed by atoms with E-state index in [9.17, 15) is 4.79 Å². The van der Waals surface area contributed by atoms with Crippen molar-refractivity contribution in [1.29, 1.82) is 0 Å². The van der Waals surface area contributed by atoms with Crippen LogP contribution in [0.1, 0.15) is 29.1 Å². The monoisotopic (exact) mass is 319 g/mol. The van der Waals surface area contributed by atoms with Crippen molar-refractivity contribution in [3.8, 4) is 17.2 Å². The Morgan fingerprint density at radius 2 is 2.14 bits per heavy atom. The summed E-state index contributed by atoms with van der Waals surface area (Å²) in [6.45, 7) is 4.53. The van der Waals surface area contributed by atoms with Crippen LogP contribution in [0.3, 0.4) is 0 Å². The van der Waals surface area contributed by atoms with Gasteiger partial charge in [0.15, 0.2) is 11.5 Å². The molecule has 0 fully saturated rings. The van der Waals surface area contributed by atoms with Crippen LogP contribution in [0.4, 0.5) is 0 Å². The first-order valence-corrected chi connectivity index (χ1v) is 7.90. The molecule has 1 aromatic heterocycles. The molecular formula is C16H17NO4S. The Bertz CT molecular complexity index is 681. The average Bonchev–Trinajstić information content (AvgIpc) is 3.13. The third-order valence-corrected chi connectivity index (χ3v) is 4.02. The molecule has 5 nitrogen and oxygen atoms in total. The van der Waals surface area contributed by atoms with Gasteiger partial charge in [0.05, 0.1) is 4.88 Å². The molecule has 1 amide bonds. The van der Waals surface area contributed by atoms with Gasteiger partial charge in [-0.3, -0.25) is 4.79 Å². The smallest absolute Gasteiger partial charge is 0.261 e. The second-order valence-corrected chi connectivity index (χ2v) is 6.16. The molecule has 2 aromatic rings. The molecule has 0 aliphatic carbocycles. The molecule has 0 unspecified atom stereocenters. The molecule has 1 aliphatic rings. The number of hydrogen-bond donors (Lipinski definition) is 1. The van der Waals surface area contributed by atoms with E-state index in [1.807, 2.05) is 37.4 Å². The van der Waals surface area contributed by atoms with Crippen molar-refractivity contribution in [3.63, 3.8) is 0 Å². The first kappa shape index (κ1) is 14.7. The lowest BCUT2D eigenvalue weighted by molar-refractivity contribution is 0.0947. The Kier molecular flexibility index (Phi) is 4.20. The fourth-order valence-electron chi connectivity index (χ4n) is 2.04. The summed E-state index contributed by atoms with van der Waals surface area (Å²) in [6, 6.07) is 7.46. The largest absolute Gasteiger partial charge is 0.489 e. The summed E-state index contributed by atoms with van der Waals surface area (Å²) in [4.78, 5) is 12.6. The molecule has 3 rings (SSSR count). The minimum absolute atomic E-state index is 0.0469. The zero-order valence-corrected chi connectivity index (χ0v) is 13.2. The van der Waals surface area contributed by atoms with Crippen LogP contribution in [-0.4, -0.2) is 18.7 Å². The maximum atomic E-state index is 11.9. The summed E-state index contributed by atoms with van der Waals surface area (Å²) in [5, 5.41) is 4.81. The molecule has 116 valence electrons. The molecule has 2 heterocycles. The zero-order valence-electron chi connectivity index (χ0n) is 12.4. The highest BCUT2D eigenvalue weighted by molar-refractivity contribution is 7.12. The topological polar surface area (TPSA) is 56.8 Å². The van der Waals surface area contributed by atoms with Gasteiger partial charge >= 0.3 is 0 Å². The lowest BCUT2D eigenvalue weighted by Crippen LogP contribution is -2.29. The van der Waals surface area contributed by atoms with E-state index in [0.717, 1.165) is 11.3 Å². The molecule has 1 aliphatic heterocycles. The molecule has 0 saturated heterocycles. The predicted octanol–water partition coefficient (Wildman–Crippen LogP) is 3.19. The number of rotatable bonds is 5. The van der Waals surface area contributed by atoms with Crippen LogP contribution < -0.4 is 19.5 Å². The zero-order chi connectivity index (χ0) is 15.5. The number of carbonyl (C=O) groups is 1. The first-order chi connectivity index (χ1) is 10.6. The van der Waals surface area contributed by atoms with Crippen LogP contribution in [0.2, 0.25) is 0 Å². The van der Waals surface area contributed by atoms with Crippen molar-refractivity contribution >= 4 is 17.2 Å². The van der Waals surface area contributed by atoms with Gasteiger partial charge in [-0.1, -0.05) is 0 Å². The highest BCUT2D eigenvalue weighted by Gasteiger charge is 2.14. The van der Waals surface area contributed by atoms with Gasteiger partial charge in [0.1, 0.15) is 12.4 Å². The molecule has 0 spiro atoms. The molecule has 0 radical (unpaired) electrons. The highest BCUT2D eigenvalue weighted by Crippen LogP contribution is 2.35. The van der Waals surface area contributed by atoms with E-state index in [1.165, 1.54) is 11.3 Å². The molecular weight excluding hydrogens is 302 g/mol. The predicted molar refractivity (Wildman–Crippen MR) is 83.8 cm³/mol. The van der Waals surface area contributed by atoms with E-state index in [4.69, 9.17) is 14.2 Å². The Morgan fingerprint density at radius 1 is 1.32 bits per heavy atom. The number of hydrogen-bond acceptors (Lipinski definition) is 5. The number of fused-ring (bicyclic) bond motifs is 1. The quantitative estimate of drug-likeness (QED) is 0.919. The van der Waals surface area contributed by atoms with Crippen molar-refractivity contribution in [2.24, 2.45) is 0 Å². The molecule has 1 N–H and O–H groups in total. The fraction of sp³-hybridized carbons (Fsp3) is 0.312. The van der Waals surface area contributed by atoms with Crippen LogP contribution in [0, 0.1) is 0 Å². The van der Waals surface area contributed by atoms with Gasteiger partial charge < -0.3 is 19.5 Å². The lowest BCUT2D eigenvalue weighted by atomic mass is 10.3. The maximum absolute atomic E-state index is 11.9. The van der Waals surface area contributed by atoms with Gasteiger partial charge in [-0.25, -0.2) is 0 Å². The molecule has 1 aromatic carbocycles. The van der Waals surface area contributed by atoms with Gasteiger partial charge in [-0.05, 0) is 37.4 Å². The third-order valence-electron chi connectivity index (χ3n) is 3.05. The van der Waals surface area contributed by atoms with Gasteiger partial charge in [-0.15, -0.1) is 11.3 Å². The maximum Gasteiger partial charge on any atom is 0.261 e. The van der Waals surface area contributed by atoms with Gasteiger partial charge in [0, 0.05) is 17.7 Å². The highest BCUT2D eigenvalue weighted by atomic mass is 32.1. The van der Waals surface area contributed by atoms with E-state index in [-0.39, 0.29) is 18.7 Å². The number of thiophene rings is 1. The van der Waals surface area contributed by atoms with E-state index in [1.54, 1.807) is 6.07 Å². The van der Waals surface area contributed by atoms with Gasteiger partial charge in [0.2, 0.25) is 6.79 Å². The summed E-state index contributed by atoms with van der Waals surface area (Å²) in [5.74, 6) is 2.09. The third kappa shape index (κ3) is 3.33. The Labute approximate surface area is 132 Å². The number of nitrogens with one attached hydrogen (secondary N) is 1. The van der Waals surface area contributed by atoms with Crippen molar-refractivity contribution in [3.05, 3.63) is 40.1 Å². The second kappa shape index (κ2) is 6.27. The van der Waals surface area contributed by atoms with Crippen LogP contribution in [-0.2, 0) is 6.61 Å². The summed E-state index contributed by atoms with van der Waals surface area (Å²) in [5.41, 5.74) is 0.969. The van der Waals surface area contributed by atoms with Crippen molar-refractivity contribution in [2.45, 2.75) is 26.5 Å². The van der Waals surface area contributed by atoms with Crippen molar-refractivity contribution in [1.82, 2.24) is 5.32 Å². The second-order valence-electron chi connectivity index (χ2n) is 5.25. The Balaban J connectivity index is 1.60. The summed E-state index contributed by atoms with van der Waals surface area (Å²) >= 11 is 1.42. The SMILES string of the molecule is CC(C)NC(=O)c1cc(COc2ccc3c(c2)OCO3)cs1. The number of amides is 1. The van der Waals surface area contributed by atoms with Crippen LogP contribution in [0.15, 0.2) is 29.6 Å². The molecule has 0 bridgehead atoms. The number of carbonyl (C=O) groups excluding carboxylic acids is 1. The minimum Gasteiger partial charge on any atom is -0.489 e. The summed E-state index contributed by atoms with van der Waals surface area (Å²) in [7, 11) is 0. The first-order valence-electron chi connectivity index (χ1n) is 7.02. The Hall–Kier alpha value is -2.21. The van der Waals surface area contributed by atoms with E-state index < -0.39 is 0 Å².